The number of aromatic nitrogens is 4. The Labute approximate surface area is 254 Å². The van der Waals surface area contributed by atoms with Crippen molar-refractivity contribution >= 4 is 40.0 Å². The van der Waals surface area contributed by atoms with E-state index >= 15 is 4.39 Å². The number of carbonyl (C=O) groups excluding carboxylic acids is 2. The summed E-state index contributed by atoms with van der Waals surface area (Å²) in [5.74, 6) is -2.96. The molecule has 0 bridgehead atoms. The van der Waals surface area contributed by atoms with Gasteiger partial charge >= 0.3 is 6.18 Å². The zero-order valence-corrected chi connectivity index (χ0v) is 23.8. The van der Waals surface area contributed by atoms with Crippen LogP contribution < -0.4 is 11.1 Å². The maximum absolute atomic E-state index is 15.6. The highest BCUT2D eigenvalue weighted by molar-refractivity contribution is 7.79. The molecule has 45 heavy (non-hydrogen) atoms. The number of hydrogen-bond donors (Lipinski definition) is 3. The number of alkyl halides is 3. The SMILES string of the molecule is Nc1nccn2c([C@H]3CN(C(=O)CCS(=O)[O-])[C@H](CO)CO3)nc(-c3ccc(C(=O)Nc4cc(C(F)(F)F)ccn4)cc3F)c12. The molecule has 4 N–H and O–H groups in total. The number of nitrogens with one attached hydrogen (secondary N) is 1. The number of fused-ring (bicyclic) bond motifs is 1. The van der Waals surface area contributed by atoms with Gasteiger partial charge in [-0.3, -0.25) is 18.2 Å². The Balaban J connectivity index is 1.45. The summed E-state index contributed by atoms with van der Waals surface area (Å²) in [5.41, 5.74) is 5.01. The monoisotopic (exact) mass is 650 g/mol. The van der Waals surface area contributed by atoms with E-state index in [9.17, 15) is 36.6 Å². The molecule has 0 radical (unpaired) electrons. The molecule has 1 aromatic carbocycles. The Morgan fingerprint density at radius 1 is 1.20 bits per heavy atom. The summed E-state index contributed by atoms with van der Waals surface area (Å²) in [5, 5.41) is 12.0. The second-order valence-corrected chi connectivity index (χ2v) is 10.9. The van der Waals surface area contributed by atoms with Gasteiger partial charge in [0.15, 0.2) is 0 Å². The van der Waals surface area contributed by atoms with Crippen LogP contribution in [0.1, 0.15) is 34.3 Å². The average molecular weight is 651 g/mol. The van der Waals surface area contributed by atoms with Crippen molar-refractivity contribution in [2.75, 3.05) is 36.6 Å². The Morgan fingerprint density at radius 2 is 1.98 bits per heavy atom. The van der Waals surface area contributed by atoms with Crippen LogP contribution in [0.2, 0.25) is 0 Å². The minimum Gasteiger partial charge on any atom is -0.772 e. The number of imidazole rings is 1. The molecule has 2 amide bonds. The van der Waals surface area contributed by atoms with Gasteiger partial charge in [-0.1, -0.05) is 11.1 Å². The average Bonchev–Trinajstić information content (AvgIpc) is 3.39. The van der Waals surface area contributed by atoms with Gasteiger partial charge < -0.3 is 30.3 Å². The third kappa shape index (κ3) is 6.77. The predicted octanol–water partition coefficient (Wildman–Crippen LogP) is 2.31. The number of aliphatic hydroxyl groups is 1. The first-order valence-electron chi connectivity index (χ1n) is 13.2. The molecular formula is C27H24F4N7O6S-. The Bertz CT molecular complexity index is 1790. The molecule has 4 aromatic rings. The van der Waals surface area contributed by atoms with E-state index in [4.69, 9.17) is 10.5 Å². The first-order valence-corrected chi connectivity index (χ1v) is 14.5. The summed E-state index contributed by atoms with van der Waals surface area (Å²) in [6, 6.07) is 4.01. The maximum atomic E-state index is 15.6. The van der Waals surface area contributed by atoms with Gasteiger partial charge in [-0.2, -0.15) is 13.2 Å². The maximum Gasteiger partial charge on any atom is 0.416 e. The number of nitrogens with two attached hydrogens (primary N) is 1. The normalized spacial score (nSPS) is 17.8. The third-order valence-corrected chi connectivity index (χ3v) is 7.56. The summed E-state index contributed by atoms with van der Waals surface area (Å²) in [4.78, 5) is 39.1. The molecule has 1 aliphatic heterocycles. The van der Waals surface area contributed by atoms with Crippen molar-refractivity contribution < 1.29 is 45.8 Å². The van der Waals surface area contributed by atoms with Gasteiger partial charge in [-0.15, -0.1) is 0 Å². The number of pyridine rings is 1. The topological polar surface area (TPSA) is 188 Å². The van der Waals surface area contributed by atoms with E-state index in [0.717, 1.165) is 18.3 Å². The van der Waals surface area contributed by atoms with Crippen LogP contribution in [-0.2, 0) is 26.8 Å². The van der Waals surface area contributed by atoms with Crippen molar-refractivity contribution in [2.24, 2.45) is 0 Å². The van der Waals surface area contributed by atoms with Gasteiger partial charge in [0, 0.05) is 41.9 Å². The lowest BCUT2D eigenvalue weighted by Gasteiger charge is -2.38. The van der Waals surface area contributed by atoms with Crippen LogP contribution in [0, 0.1) is 5.82 Å². The van der Waals surface area contributed by atoms with Crippen molar-refractivity contribution in [3.63, 3.8) is 0 Å². The summed E-state index contributed by atoms with van der Waals surface area (Å²) in [6.45, 7) is -0.642. The fourth-order valence-electron chi connectivity index (χ4n) is 4.84. The number of amides is 2. The van der Waals surface area contributed by atoms with Crippen molar-refractivity contribution in [1.82, 2.24) is 24.3 Å². The van der Waals surface area contributed by atoms with E-state index in [2.05, 4.69) is 20.3 Å². The van der Waals surface area contributed by atoms with E-state index in [1.807, 2.05) is 0 Å². The van der Waals surface area contributed by atoms with Crippen LogP contribution in [0.5, 0.6) is 0 Å². The third-order valence-electron chi connectivity index (χ3n) is 7.02. The quantitative estimate of drug-likeness (QED) is 0.189. The largest absolute Gasteiger partial charge is 0.772 e. The fraction of sp³-hybridized carbons (Fsp3) is 0.296. The summed E-state index contributed by atoms with van der Waals surface area (Å²) >= 11 is -2.44. The van der Waals surface area contributed by atoms with Gasteiger partial charge in [0.05, 0.1) is 31.4 Å². The highest BCUT2D eigenvalue weighted by atomic mass is 32.2. The number of aliphatic hydroxyl groups excluding tert-OH is 1. The summed E-state index contributed by atoms with van der Waals surface area (Å²) in [7, 11) is 0. The summed E-state index contributed by atoms with van der Waals surface area (Å²) < 4.78 is 84.0. The zero-order chi connectivity index (χ0) is 32.5. The molecule has 4 heterocycles. The molecule has 1 unspecified atom stereocenters. The molecule has 0 spiro atoms. The first kappa shape index (κ1) is 31.9. The smallest absolute Gasteiger partial charge is 0.416 e. The second-order valence-electron chi connectivity index (χ2n) is 9.89. The number of halogens is 4. The Kier molecular flexibility index (Phi) is 9.10. The number of hydrogen-bond acceptors (Lipinski definition) is 10. The lowest BCUT2D eigenvalue weighted by Crippen LogP contribution is -2.51. The molecule has 5 rings (SSSR count). The lowest BCUT2D eigenvalue weighted by atomic mass is 10.1. The molecule has 1 aliphatic rings. The van der Waals surface area contributed by atoms with Crippen molar-refractivity contribution in [2.45, 2.75) is 24.7 Å². The van der Waals surface area contributed by atoms with Crippen molar-refractivity contribution in [3.05, 3.63) is 71.7 Å². The zero-order valence-electron chi connectivity index (χ0n) is 23.0. The molecule has 18 heteroatoms. The molecule has 3 atom stereocenters. The minimum atomic E-state index is -4.66. The number of benzene rings is 1. The van der Waals surface area contributed by atoms with Gasteiger partial charge in [0.2, 0.25) is 5.91 Å². The van der Waals surface area contributed by atoms with Gasteiger partial charge in [-0.05, 0) is 30.3 Å². The predicted molar refractivity (Wildman–Crippen MR) is 150 cm³/mol. The van der Waals surface area contributed by atoms with Crippen LogP contribution in [-0.4, -0.2) is 81.5 Å². The molecule has 13 nitrogen and oxygen atoms in total. The standard InChI is InChI=1S/C27H25F4N7O6S/c28-18-9-14(26(41)35-20-10-15(3-5-33-20)27(29,30)31)1-2-17(18)22-23-24(32)34-6-7-37(23)25(36-22)19-11-38(16(12-39)13-44-19)21(40)4-8-45(42)43/h1-3,5-7,9-10,16,19,39H,4,8,11-13H2,(H2,32,34)(H,42,43)(H,33,35,41)/p-1/t16-,19-/m1/s1. The van der Waals surface area contributed by atoms with Crippen LogP contribution in [0.15, 0.2) is 48.9 Å². The molecule has 3 aromatic heterocycles. The van der Waals surface area contributed by atoms with Gasteiger partial charge in [0.1, 0.15) is 40.6 Å². The second kappa shape index (κ2) is 12.8. The number of ether oxygens (including phenoxy) is 1. The van der Waals surface area contributed by atoms with E-state index in [1.54, 1.807) is 0 Å². The number of morpholine rings is 1. The molecule has 1 saturated heterocycles. The van der Waals surface area contributed by atoms with E-state index < -0.39 is 65.0 Å². The van der Waals surface area contributed by atoms with Crippen LogP contribution in [0.25, 0.3) is 16.8 Å². The molecule has 1 fully saturated rings. The molecular weight excluding hydrogens is 626 g/mol. The number of rotatable bonds is 8. The van der Waals surface area contributed by atoms with Crippen LogP contribution in [0.4, 0.5) is 29.2 Å². The van der Waals surface area contributed by atoms with E-state index in [-0.39, 0.29) is 59.4 Å². The van der Waals surface area contributed by atoms with Gasteiger partial charge in [0.25, 0.3) is 5.91 Å². The summed E-state index contributed by atoms with van der Waals surface area (Å²) in [6.07, 6.45) is -2.12. The van der Waals surface area contributed by atoms with E-state index in [1.165, 1.54) is 33.8 Å². The molecule has 238 valence electrons. The number of nitrogen functional groups attached to an aromatic ring is 1. The number of anilines is 2. The van der Waals surface area contributed by atoms with E-state index in [0.29, 0.717) is 6.07 Å². The fourth-order valence-corrected chi connectivity index (χ4v) is 5.18. The number of carbonyl (C=O) groups is 2. The van der Waals surface area contributed by atoms with Gasteiger partial charge in [-0.25, -0.2) is 19.3 Å². The minimum absolute atomic E-state index is 0.0205. The van der Waals surface area contributed by atoms with Crippen LogP contribution in [0.3, 0.4) is 0 Å². The highest BCUT2D eigenvalue weighted by Crippen LogP contribution is 2.35. The number of nitrogens with zero attached hydrogens (tertiary/aromatic N) is 5. The first-order chi connectivity index (χ1) is 21.4. The Hall–Kier alpha value is -4.52. The molecule has 0 aliphatic carbocycles. The molecule has 0 saturated carbocycles. The van der Waals surface area contributed by atoms with Crippen LogP contribution >= 0.6 is 0 Å². The highest BCUT2D eigenvalue weighted by Gasteiger charge is 2.35. The van der Waals surface area contributed by atoms with Crippen molar-refractivity contribution in [3.8, 4) is 11.3 Å². The van der Waals surface area contributed by atoms with Crippen molar-refractivity contribution in [1.29, 1.82) is 0 Å². The lowest BCUT2D eigenvalue weighted by molar-refractivity contribution is -0.148. The Morgan fingerprint density at radius 3 is 2.67 bits per heavy atom.